The number of fused-ring (bicyclic) bond motifs is 1. The van der Waals surface area contributed by atoms with Gasteiger partial charge in [0.15, 0.2) is 11.5 Å². The summed E-state index contributed by atoms with van der Waals surface area (Å²) in [4.78, 5) is 14.2. The smallest absolute Gasteiger partial charge is 0.271 e. The molecule has 2 aromatic rings. The van der Waals surface area contributed by atoms with Crippen LogP contribution in [0.2, 0.25) is 0 Å². The van der Waals surface area contributed by atoms with Crippen LogP contribution in [0.25, 0.3) is 0 Å². The Hall–Kier alpha value is -2.43. The second-order valence-corrected chi connectivity index (χ2v) is 6.43. The summed E-state index contributed by atoms with van der Waals surface area (Å²) < 4.78 is 0. The first-order valence-electron chi connectivity index (χ1n) is 8.05. The van der Waals surface area contributed by atoms with Crippen molar-refractivity contribution in [3.8, 4) is 0 Å². The molecule has 0 fully saturated rings. The van der Waals surface area contributed by atoms with Crippen LogP contribution in [0.4, 0.5) is 11.5 Å². The molecule has 1 aliphatic rings. The van der Waals surface area contributed by atoms with Crippen molar-refractivity contribution < 1.29 is 4.79 Å². The molecule has 1 aromatic heterocycles. The zero-order valence-corrected chi connectivity index (χ0v) is 13.8. The molecule has 2 heterocycles. The van der Waals surface area contributed by atoms with E-state index < -0.39 is 0 Å². The second kappa shape index (κ2) is 6.36. The number of nitrogens with one attached hydrogen (secondary N) is 1. The molecule has 1 aromatic carbocycles. The number of aromatic nitrogens is 2. The lowest BCUT2D eigenvalue weighted by Gasteiger charge is -2.23. The SMILES string of the molecule is CC(C)CNC(=O)c1ccc(N2c3ccccc3CC2C)nn1. The van der Waals surface area contributed by atoms with Crippen LogP contribution in [-0.2, 0) is 6.42 Å². The molecule has 0 saturated carbocycles. The van der Waals surface area contributed by atoms with E-state index in [1.807, 2.05) is 12.1 Å². The molecule has 1 aliphatic heterocycles. The van der Waals surface area contributed by atoms with Crippen LogP contribution in [0.3, 0.4) is 0 Å². The van der Waals surface area contributed by atoms with Crippen LogP contribution >= 0.6 is 0 Å². The Labute approximate surface area is 136 Å². The lowest BCUT2D eigenvalue weighted by Crippen LogP contribution is -2.29. The number of hydrogen-bond donors (Lipinski definition) is 1. The zero-order chi connectivity index (χ0) is 16.4. The molecule has 1 N–H and O–H groups in total. The zero-order valence-electron chi connectivity index (χ0n) is 13.8. The number of benzene rings is 1. The van der Waals surface area contributed by atoms with Crippen LogP contribution < -0.4 is 10.2 Å². The Morgan fingerprint density at radius 2 is 2.04 bits per heavy atom. The standard InChI is InChI=1S/C18H22N4O/c1-12(2)11-19-18(23)15-8-9-17(21-20-15)22-13(3)10-14-6-4-5-7-16(14)22/h4-9,12-13H,10-11H2,1-3H3,(H,19,23). The fraction of sp³-hybridized carbons (Fsp3) is 0.389. The van der Waals surface area contributed by atoms with Crippen LogP contribution in [0.1, 0.15) is 36.8 Å². The number of carbonyl (C=O) groups is 1. The summed E-state index contributed by atoms with van der Waals surface area (Å²) >= 11 is 0. The van der Waals surface area contributed by atoms with Crippen molar-refractivity contribution in [2.24, 2.45) is 5.92 Å². The monoisotopic (exact) mass is 310 g/mol. The molecule has 23 heavy (non-hydrogen) atoms. The minimum absolute atomic E-state index is 0.173. The van der Waals surface area contributed by atoms with E-state index in [0.717, 1.165) is 12.2 Å². The van der Waals surface area contributed by atoms with Crippen molar-refractivity contribution in [2.45, 2.75) is 33.2 Å². The molecule has 3 rings (SSSR count). The van der Waals surface area contributed by atoms with Gasteiger partial charge in [0.2, 0.25) is 0 Å². The molecule has 0 aliphatic carbocycles. The van der Waals surface area contributed by atoms with Crippen molar-refractivity contribution in [2.75, 3.05) is 11.4 Å². The highest BCUT2D eigenvalue weighted by Crippen LogP contribution is 2.36. The minimum Gasteiger partial charge on any atom is -0.350 e. The molecule has 120 valence electrons. The van der Waals surface area contributed by atoms with Crippen molar-refractivity contribution in [1.29, 1.82) is 0 Å². The molecular formula is C18H22N4O. The molecule has 5 heteroatoms. The molecule has 0 radical (unpaired) electrons. The van der Waals surface area contributed by atoms with E-state index >= 15 is 0 Å². The average Bonchev–Trinajstić information content (AvgIpc) is 2.88. The summed E-state index contributed by atoms with van der Waals surface area (Å²) in [6.45, 7) is 6.92. The molecule has 0 spiro atoms. The number of nitrogens with zero attached hydrogens (tertiary/aromatic N) is 3. The van der Waals surface area contributed by atoms with Gasteiger partial charge in [-0.1, -0.05) is 32.0 Å². The first kappa shape index (κ1) is 15.5. The third-order valence-corrected chi connectivity index (χ3v) is 4.01. The Kier molecular flexibility index (Phi) is 4.28. The van der Waals surface area contributed by atoms with Gasteiger partial charge in [0.05, 0.1) is 0 Å². The van der Waals surface area contributed by atoms with Crippen LogP contribution in [-0.4, -0.2) is 28.7 Å². The number of para-hydroxylation sites is 1. The number of anilines is 2. The lowest BCUT2D eigenvalue weighted by molar-refractivity contribution is 0.0943. The maximum absolute atomic E-state index is 12.0. The third-order valence-electron chi connectivity index (χ3n) is 4.01. The topological polar surface area (TPSA) is 58.1 Å². The highest BCUT2D eigenvalue weighted by Gasteiger charge is 2.28. The summed E-state index contributed by atoms with van der Waals surface area (Å²) in [6, 6.07) is 12.3. The predicted octanol–water partition coefficient (Wildman–Crippen LogP) is 2.95. The molecule has 1 unspecified atom stereocenters. The van der Waals surface area contributed by atoms with Crippen LogP contribution in [0.15, 0.2) is 36.4 Å². The summed E-state index contributed by atoms with van der Waals surface area (Å²) in [5.74, 6) is 1.02. The first-order chi connectivity index (χ1) is 11.1. The van der Waals surface area contributed by atoms with Gasteiger partial charge in [-0.05, 0) is 43.0 Å². The fourth-order valence-electron chi connectivity index (χ4n) is 2.88. The van der Waals surface area contributed by atoms with Gasteiger partial charge in [-0.15, -0.1) is 10.2 Å². The lowest BCUT2D eigenvalue weighted by atomic mass is 10.1. The van der Waals surface area contributed by atoms with Gasteiger partial charge < -0.3 is 10.2 Å². The van der Waals surface area contributed by atoms with E-state index in [-0.39, 0.29) is 5.91 Å². The van der Waals surface area contributed by atoms with Gasteiger partial charge in [0, 0.05) is 18.3 Å². The number of carbonyl (C=O) groups excluding carboxylic acids is 1. The summed E-state index contributed by atoms with van der Waals surface area (Å²) in [6.07, 6.45) is 0.995. The first-order valence-corrected chi connectivity index (χ1v) is 8.05. The largest absolute Gasteiger partial charge is 0.350 e. The summed E-state index contributed by atoms with van der Waals surface area (Å²) in [5, 5.41) is 11.2. The van der Waals surface area contributed by atoms with E-state index in [1.54, 1.807) is 6.07 Å². The summed E-state index contributed by atoms with van der Waals surface area (Å²) in [7, 11) is 0. The van der Waals surface area contributed by atoms with Crippen LogP contribution in [0.5, 0.6) is 0 Å². The number of amides is 1. The van der Waals surface area contributed by atoms with Gasteiger partial charge >= 0.3 is 0 Å². The molecule has 0 saturated heterocycles. The molecule has 1 atom stereocenters. The Morgan fingerprint density at radius 1 is 1.26 bits per heavy atom. The van der Waals surface area contributed by atoms with Crippen LogP contribution in [0, 0.1) is 5.92 Å². The summed E-state index contributed by atoms with van der Waals surface area (Å²) in [5.41, 5.74) is 2.85. The predicted molar refractivity (Wildman–Crippen MR) is 91.0 cm³/mol. The van der Waals surface area contributed by atoms with Crippen molar-refractivity contribution in [1.82, 2.24) is 15.5 Å². The average molecular weight is 310 g/mol. The molecule has 0 bridgehead atoms. The maximum atomic E-state index is 12.0. The van der Waals surface area contributed by atoms with E-state index in [2.05, 4.69) is 59.4 Å². The Morgan fingerprint density at radius 3 is 2.74 bits per heavy atom. The third kappa shape index (κ3) is 3.18. The van der Waals surface area contributed by atoms with E-state index in [4.69, 9.17) is 0 Å². The van der Waals surface area contributed by atoms with E-state index in [9.17, 15) is 4.79 Å². The van der Waals surface area contributed by atoms with Crippen molar-refractivity contribution in [3.63, 3.8) is 0 Å². The highest BCUT2D eigenvalue weighted by molar-refractivity contribution is 5.92. The van der Waals surface area contributed by atoms with Gasteiger partial charge in [-0.2, -0.15) is 0 Å². The Balaban J connectivity index is 1.79. The van der Waals surface area contributed by atoms with E-state index in [1.165, 1.54) is 11.3 Å². The molecule has 1 amide bonds. The minimum atomic E-state index is -0.173. The second-order valence-electron chi connectivity index (χ2n) is 6.43. The number of rotatable bonds is 4. The normalized spacial score (nSPS) is 16.5. The molecule has 5 nitrogen and oxygen atoms in total. The van der Waals surface area contributed by atoms with Crippen molar-refractivity contribution >= 4 is 17.4 Å². The fourth-order valence-corrected chi connectivity index (χ4v) is 2.88. The number of hydrogen-bond acceptors (Lipinski definition) is 4. The van der Waals surface area contributed by atoms with Gasteiger partial charge in [0.1, 0.15) is 0 Å². The van der Waals surface area contributed by atoms with Gasteiger partial charge in [0.25, 0.3) is 5.91 Å². The van der Waals surface area contributed by atoms with Gasteiger partial charge in [-0.3, -0.25) is 4.79 Å². The molecular weight excluding hydrogens is 288 g/mol. The quantitative estimate of drug-likeness (QED) is 0.943. The van der Waals surface area contributed by atoms with Gasteiger partial charge in [-0.25, -0.2) is 0 Å². The Bertz CT molecular complexity index is 696. The maximum Gasteiger partial charge on any atom is 0.271 e. The van der Waals surface area contributed by atoms with E-state index in [0.29, 0.717) is 24.2 Å². The highest BCUT2D eigenvalue weighted by atomic mass is 16.1. The van der Waals surface area contributed by atoms with Crippen molar-refractivity contribution in [3.05, 3.63) is 47.7 Å².